The maximum absolute atomic E-state index is 14.8. The predicted octanol–water partition coefficient (Wildman–Crippen LogP) is 4.32. The molecule has 0 spiro atoms. The summed E-state index contributed by atoms with van der Waals surface area (Å²) in [5, 5.41) is 0. The van der Waals surface area contributed by atoms with Crippen molar-refractivity contribution in [3.05, 3.63) is 81.3 Å². The second kappa shape index (κ2) is 8.64. The molecule has 1 aromatic carbocycles. The lowest BCUT2D eigenvalue weighted by atomic mass is 9.92. The lowest BCUT2D eigenvalue weighted by Gasteiger charge is -2.30. The molecule has 0 radical (unpaired) electrons. The number of hydrogen-bond acceptors (Lipinski definition) is 6. The highest BCUT2D eigenvalue weighted by Gasteiger charge is 2.30. The van der Waals surface area contributed by atoms with Crippen LogP contribution in [0.25, 0.3) is 22.4 Å². The maximum Gasteiger partial charge on any atom is 0.250 e. The van der Waals surface area contributed by atoms with Gasteiger partial charge in [0.2, 0.25) is 0 Å². The number of nitrogens with zero attached hydrogens (tertiary/aromatic N) is 5. The molecule has 1 aliphatic rings. The van der Waals surface area contributed by atoms with Gasteiger partial charge in [0.1, 0.15) is 28.7 Å². The van der Waals surface area contributed by atoms with Crippen LogP contribution in [0.5, 0.6) is 0 Å². The molecule has 0 saturated carbocycles. The number of hydrogen-bond donors (Lipinski definition) is 0. The molecule has 5 rings (SSSR count). The molecule has 0 bridgehead atoms. The number of rotatable bonds is 3. The molecule has 0 amide bonds. The number of aromatic nitrogens is 5. The minimum Gasteiger partial charge on any atom is -0.372 e. The third kappa shape index (κ3) is 3.96. The minimum atomic E-state index is -0.727. The van der Waals surface area contributed by atoms with Gasteiger partial charge in [-0.3, -0.25) is 4.79 Å². The molecular formula is C25H23F2N5O2. The van der Waals surface area contributed by atoms with Crippen LogP contribution in [0.3, 0.4) is 0 Å². The van der Waals surface area contributed by atoms with Gasteiger partial charge in [0.15, 0.2) is 5.65 Å². The standard InChI is InChI=1S/C25H23F2N5O2/c1-13-14(2)29-25-23(28-13)22(17-8-7-16(26)12-18(17)27)30-24(31-25)15-9-10-34-20(11-15)19-5-4-6-21(33)32(19)3/h4-8,12,15,20H,9-11H2,1-3H3/t15-,20+/m0/s1. The van der Waals surface area contributed by atoms with E-state index in [-0.39, 0.29) is 28.8 Å². The molecule has 3 aromatic heterocycles. The Morgan fingerprint density at radius 3 is 2.62 bits per heavy atom. The quantitative estimate of drug-likeness (QED) is 0.450. The topological polar surface area (TPSA) is 82.8 Å². The van der Waals surface area contributed by atoms with E-state index in [1.54, 1.807) is 17.7 Å². The summed E-state index contributed by atoms with van der Waals surface area (Å²) >= 11 is 0. The summed E-state index contributed by atoms with van der Waals surface area (Å²) in [7, 11) is 1.72. The van der Waals surface area contributed by atoms with Crippen molar-refractivity contribution < 1.29 is 13.5 Å². The predicted molar refractivity (Wildman–Crippen MR) is 122 cm³/mol. The molecule has 0 unspecified atom stereocenters. The maximum atomic E-state index is 14.8. The molecule has 34 heavy (non-hydrogen) atoms. The number of benzene rings is 1. The molecule has 9 heteroatoms. The zero-order chi connectivity index (χ0) is 24.0. The zero-order valence-electron chi connectivity index (χ0n) is 19.0. The van der Waals surface area contributed by atoms with Gasteiger partial charge in [0.25, 0.3) is 5.56 Å². The highest BCUT2D eigenvalue weighted by Crippen LogP contribution is 2.37. The van der Waals surface area contributed by atoms with Gasteiger partial charge in [0, 0.05) is 43.0 Å². The summed E-state index contributed by atoms with van der Waals surface area (Å²) in [4.78, 5) is 30.7. The minimum absolute atomic E-state index is 0.107. The van der Waals surface area contributed by atoms with Crippen LogP contribution >= 0.6 is 0 Å². The lowest BCUT2D eigenvalue weighted by molar-refractivity contribution is -0.000632. The molecule has 174 valence electrons. The van der Waals surface area contributed by atoms with Gasteiger partial charge >= 0.3 is 0 Å². The van der Waals surface area contributed by atoms with Crippen LogP contribution in [-0.2, 0) is 11.8 Å². The summed E-state index contributed by atoms with van der Waals surface area (Å²) < 4.78 is 35.9. The van der Waals surface area contributed by atoms with E-state index in [4.69, 9.17) is 14.7 Å². The summed E-state index contributed by atoms with van der Waals surface area (Å²) in [6.07, 6.45) is 0.896. The molecule has 1 saturated heterocycles. The summed E-state index contributed by atoms with van der Waals surface area (Å²) in [5.74, 6) is -1.00. The molecular weight excluding hydrogens is 440 g/mol. The average Bonchev–Trinajstić information content (AvgIpc) is 2.81. The fraction of sp³-hybridized carbons (Fsp3) is 0.320. The molecule has 4 heterocycles. The zero-order valence-corrected chi connectivity index (χ0v) is 19.0. The smallest absolute Gasteiger partial charge is 0.250 e. The van der Waals surface area contributed by atoms with Gasteiger partial charge in [0.05, 0.1) is 17.5 Å². The van der Waals surface area contributed by atoms with Crippen LogP contribution in [0, 0.1) is 25.5 Å². The molecule has 2 atom stereocenters. The van der Waals surface area contributed by atoms with Crippen LogP contribution < -0.4 is 5.56 Å². The van der Waals surface area contributed by atoms with Gasteiger partial charge in [-0.15, -0.1) is 0 Å². The van der Waals surface area contributed by atoms with E-state index in [0.717, 1.165) is 11.8 Å². The Labute approximate surface area is 194 Å². The van der Waals surface area contributed by atoms with Gasteiger partial charge in [-0.2, -0.15) is 0 Å². The SMILES string of the molecule is Cc1nc2nc([C@H]3CCO[C@@H](c4cccc(=O)n4C)C3)nc(-c3ccc(F)cc3F)c2nc1C. The highest BCUT2D eigenvalue weighted by molar-refractivity contribution is 5.87. The lowest BCUT2D eigenvalue weighted by Crippen LogP contribution is -2.26. The number of fused-ring (bicyclic) bond motifs is 1. The summed E-state index contributed by atoms with van der Waals surface area (Å²) in [6, 6.07) is 8.47. The van der Waals surface area contributed by atoms with Crippen LogP contribution in [-0.4, -0.2) is 31.1 Å². The van der Waals surface area contributed by atoms with E-state index in [9.17, 15) is 13.6 Å². The Hall–Kier alpha value is -3.59. The van der Waals surface area contributed by atoms with Crippen molar-refractivity contribution in [2.24, 2.45) is 7.05 Å². The van der Waals surface area contributed by atoms with Crippen LogP contribution in [0.4, 0.5) is 8.78 Å². The van der Waals surface area contributed by atoms with Crippen molar-refractivity contribution in [2.45, 2.75) is 38.7 Å². The summed E-state index contributed by atoms with van der Waals surface area (Å²) in [5.41, 5.74) is 3.21. The van der Waals surface area contributed by atoms with E-state index in [0.29, 0.717) is 47.8 Å². The number of aryl methyl sites for hydroxylation is 2. The first-order chi connectivity index (χ1) is 16.3. The molecule has 7 nitrogen and oxygen atoms in total. The van der Waals surface area contributed by atoms with E-state index < -0.39 is 11.6 Å². The van der Waals surface area contributed by atoms with Crippen molar-refractivity contribution in [1.29, 1.82) is 0 Å². The van der Waals surface area contributed by atoms with Crippen molar-refractivity contribution in [3.8, 4) is 11.3 Å². The molecule has 1 fully saturated rings. The fourth-order valence-corrected chi connectivity index (χ4v) is 4.32. The number of halogens is 2. The third-order valence-corrected chi connectivity index (χ3v) is 6.35. The first-order valence-electron chi connectivity index (χ1n) is 11.1. The van der Waals surface area contributed by atoms with Gasteiger partial charge in [-0.25, -0.2) is 28.7 Å². The second-order valence-corrected chi connectivity index (χ2v) is 8.55. The summed E-state index contributed by atoms with van der Waals surface area (Å²) in [6.45, 7) is 4.11. The normalized spacial score (nSPS) is 18.4. The van der Waals surface area contributed by atoms with Gasteiger partial charge < -0.3 is 9.30 Å². The van der Waals surface area contributed by atoms with E-state index >= 15 is 0 Å². The Bertz CT molecular complexity index is 1470. The average molecular weight is 463 g/mol. The van der Waals surface area contributed by atoms with Crippen molar-refractivity contribution >= 4 is 11.2 Å². The Balaban J connectivity index is 1.63. The Morgan fingerprint density at radius 2 is 1.82 bits per heavy atom. The van der Waals surface area contributed by atoms with Crippen LogP contribution in [0.2, 0.25) is 0 Å². The largest absolute Gasteiger partial charge is 0.372 e. The number of pyridine rings is 1. The molecule has 1 aliphatic heterocycles. The third-order valence-electron chi connectivity index (χ3n) is 6.35. The molecule has 4 aromatic rings. The van der Waals surface area contributed by atoms with Crippen LogP contribution in [0.1, 0.15) is 47.8 Å². The highest BCUT2D eigenvalue weighted by atomic mass is 19.1. The van der Waals surface area contributed by atoms with Crippen molar-refractivity contribution in [1.82, 2.24) is 24.5 Å². The van der Waals surface area contributed by atoms with E-state index in [2.05, 4.69) is 9.97 Å². The monoisotopic (exact) mass is 463 g/mol. The van der Waals surface area contributed by atoms with Crippen LogP contribution in [0.15, 0.2) is 41.2 Å². The Kier molecular flexibility index (Phi) is 5.65. The first kappa shape index (κ1) is 22.2. The molecule has 0 aliphatic carbocycles. The number of ether oxygens (including phenoxy) is 1. The Morgan fingerprint density at radius 1 is 1.03 bits per heavy atom. The van der Waals surface area contributed by atoms with Gasteiger partial charge in [-0.1, -0.05) is 6.07 Å². The van der Waals surface area contributed by atoms with Crippen molar-refractivity contribution in [3.63, 3.8) is 0 Å². The van der Waals surface area contributed by atoms with E-state index in [1.165, 1.54) is 18.2 Å². The first-order valence-corrected chi connectivity index (χ1v) is 11.1. The second-order valence-electron chi connectivity index (χ2n) is 8.55. The molecule has 0 N–H and O–H groups in total. The fourth-order valence-electron chi connectivity index (χ4n) is 4.32. The van der Waals surface area contributed by atoms with Gasteiger partial charge in [-0.05, 0) is 44.9 Å². The van der Waals surface area contributed by atoms with Crippen molar-refractivity contribution in [2.75, 3.05) is 6.61 Å². The van der Waals surface area contributed by atoms with E-state index in [1.807, 2.05) is 19.9 Å².